The van der Waals surface area contributed by atoms with Gasteiger partial charge in [-0.15, -0.1) is 0 Å². The highest BCUT2D eigenvalue weighted by molar-refractivity contribution is 7.44. The first-order valence-corrected chi connectivity index (χ1v) is 10.4. The number of hydrogen-bond acceptors (Lipinski definition) is 4. The molecule has 0 rings (SSSR count). The average molecular weight is 387 g/mol. The molecular formula is C18H38NO5P. The number of rotatable bonds is 17. The van der Waals surface area contributed by atoms with Gasteiger partial charge in [0.1, 0.15) is 18.8 Å². The molecule has 0 saturated carbocycles. The summed E-state index contributed by atoms with van der Waals surface area (Å²) in [6, 6.07) is -0.719. The van der Waals surface area contributed by atoms with Gasteiger partial charge >= 0.3 is 0 Å². The molecule has 0 aromatic rings. The van der Waals surface area contributed by atoms with Gasteiger partial charge in [0, 0.05) is 9.60 Å². The molecule has 0 saturated heterocycles. The quantitative estimate of drug-likeness (QED) is 0.202. The van der Waals surface area contributed by atoms with Crippen LogP contribution in [-0.4, -0.2) is 28.8 Å². The lowest BCUT2D eigenvalue weighted by molar-refractivity contribution is -0.438. The zero-order chi connectivity index (χ0) is 25.1. The smallest absolute Gasteiger partial charge is 0.265 e. The predicted molar refractivity (Wildman–Crippen MR) is 98.7 cm³/mol. The molecule has 1 unspecified atom stereocenters. The molecule has 150 valence electrons. The summed E-state index contributed by atoms with van der Waals surface area (Å²) in [7, 11) is -4.81. The van der Waals surface area contributed by atoms with Crippen LogP contribution in [0.5, 0.6) is 0 Å². The molecule has 0 aliphatic rings. The summed E-state index contributed by atoms with van der Waals surface area (Å²) in [6.45, 7) is -3.39. The van der Waals surface area contributed by atoms with E-state index < -0.39 is 46.2 Å². The van der Waals surface area contributed by atoms with Gasteiger partial charge in [-0.1, -0.05) is 83.1 Å². The first-order chi connectivity index (χ1) is 14.5. The van der Waals surface area contributed by atoms with E-state index in [-0.39, 0.29) is 6.42 Å². The second kappa shape index (κ2) is 16.0. The molecule has 25 heavy (non-hydrogen) atoms. The molecule has 7 heteroatoms. The lowest BCUT2D eigenvalue weighted by Crippen LogP contribution is -2.68. The highest BCUT2D eigenvalue weighted by atomic mass is 31.2. The Hall–Kier alpha value is -0.230. The van der Waals surface area contributed by atoms with Crippen molar-refractivity contribution in [2.24, 2.45) is 0 Å². The number of unbranched alkanes of at least 4 members (excludes halogenated alkanes) is 8. The standard InChI is InChI=1S/C18H38NO5P/c1-2-3-4-5-6-7-8-9-10-11-12-13-14-15-18(20)17(19)16-24-25(21,22)23/h14-15,17-18,20H,2-13,16,19H2,1H3,(H2,21,22,23)/b15-14+/t17-,18+/m0/s1/i1D3,2D2,3D2. The fourth-order valence-corrected chi connectivity index (χ4v) is 2.66. The summed E-state index contributed by atoms with van der Waals surface area (Å²) in [5.41, 5.74) is 3.59. The summed E-state index contributed by atoms with van der Waals surface area (Å²) in [5.74, 6) is 0. The third-order valence-corrected chi connectivity index (χ3v) is 4.25. The van der Waals surface area contributed by atoms with Gasteiger partial charge < -0.3 is 25.2 Å². The maximum absolute atomic E-state index is 10.5. The van der Waals surface area contributed by atoms with Crippen molar-refractivity contribution in [1.82, 2.24) is 0 Å². The first kappa shape index (κ1) is 14.8. The van der Waals surface area contributed by atoms with Crippen LogP contribution in [0.2, 0.25) is 0 Å². The number of aliphatic hydroxyl groups excluding tert-OH is 1. The van der Waals surface area contributed by atoms with Gasteiger partial charge in [-0.25, -0.2) is 0 Å². The Morgan fingerprint density at radius 3 is 2.32 bits per heavy atom. The molecule has 0 amide bonds. The Balaban J connectivity index is 3.79. The van der Waals surface area contributed by atoms with Crippen molar-refractivity contribution in [2.75, 3.05) is 6.61 Å². The van der Waals surface area contributed by atoms with Crippen molar-refractivity contribution in [3.05, 3.63) is 12.2 Å². The maximum atomic E-state index is 10.5. The van der Waals surface area contributed by atoms with Crippen LogP contribution in [0.3, 0.4) is 0 Å². The Labute approximate surface area is 162 Å². The Kier molecular flexibility index (Phi) is 9.45. The van der Waals surface area contributed by atoms with E-state index in [2.05, 4.69) is 10.3 Å². The van der Waals surface area contributed by atoms with E-state index >= 15 is 0 Å². The van der Waals surface area contributed by atoms with E-state index in [0.717, 1.165) is 51.4 Å². The van der Waals surface area contributed by atoms with Crippen LogP contribution in [0.4, 0.5) is 0 Å². The van der Waals surface area contributed by atoms with Gasteiger partial charge in [0.05, 0.1) is 0 Å². The summed E-state index contributed by atoms with van der Waals surface area (Å²) in [6.07, 6.45) is 4.74. The minimum absolute atomic E-state index is 0.118. The van der Waals surface area contributed by atoms with Gasteiger partial charge in [-0.05, 0) is 12.8 Å². The fourth-order valence-electron chi connectivity index (χ4n) is 2.28. The zero-order valence-corrected chi connectivity index (χ0v) is 15.8. The fraction of sp³-hybridized carbons (Fsp3) is 0.889. The van der Waals surface area contributed by atoms with Crippen LogP contribution in [0.15, 0.2) is 12.2 Å². The number of phosphoric ester groups is 1. The lowest BCUT2D eigenvalue weighted by Gasteiger charge is -2.18. The molecule has 3 atom stereocenters. The van der Waals surface area contributed by atoms with Crippen molar-refractivity contribution in [1.29, 1.82) is 0 Å². The van der Waals surface area contributed by atoms with E-state index in [0.29, 0.717) is 6.42 Å². The topological polar surface area (TPSA) is 117 Å². The molecule has 0 aromatic carbocycles. The second-order valence-corrected chi connectivity index (χ2v) is 7.31. The van der Waals surface area contributed by atoms with Crippen molar-refractivity contribution >= 4 is 7.82 Å². The van der Waals surface area contributed by atoms with Gasteiger partial charge in [0.2, 0.25) is 0 Å². The molecule has 0 fully saturated rings. The van der Waals surface area contributed by atoms with Gasteiger partial charge in [0.25, 0.3) is 7.82 Å². The first-order valence-electron chi connectivity index (χ1n) is 12.4. The van der Waals surface area contributed by atoms with E-state index in [1.165, 1.54) is 6.08 Å². The van der Waals surface area contributed by atoms with E-state index in [9.17, 15) is 14.6 Å². The van der Waals surface area contributed by atoms with Crippen LogP contribution in [0.1, 0.15) is 93.4 Å². The highest BCUT2D eigenvalue weighted by Crippen LogP contribution is 2.30. The lowest BCUT2D eigenvalue weighted by atomic mass is 10.0. The number of aliphatic hydroxyl groups is 1. The summed E-state index contributed by atoms with van der Waals surface area (Å²) < 4.78 is 67.0. The van der Waals surface area contributed by atoms with Crippen LogP contribution < -0.4 is 10.6 Å². The summed E-state index contributed by atoms with van der Waals surface area (Å²) in [4.78, 5) is 19.0. The van der Waals surface area contributed by atoms with E-state index in [4.69, 9.17) is 14.5 Å². The molecule has 0 bridgehead atoms. The minimum Gasteiger partial charge on any atom is -0.756 e. The van der Waals surface area contributed by atoms with Crippen LogP contribution in [0, 0.1) is 0 Å². The maximum Gasteiger partial charge on any atom is 0.265 e. The van der Waals surface area contributed by atoms with Crippen molar-refractivity contribution in [3.63, 3.8) is 0 Å². The number of phosphoric acid groups is 1. The van der Waals surface area contributed by atoms with Crippen LogP contribution >= 0.6 is 7.82 Å². The van der Waals surface area contributed by atoms with Crippen molar-refractivity contribution in [2.45, 2.75) is 96.0 Å². The molecule has 6 nitrogen and oxygen atoms in total. The monoisotopic (exact) mass is 386 g/mol. The Morgan fingerprint density at radius 1 is 1.20 bits per heavy atom. The number of allylic oxidation sites excluding steroid dienone is 1. The van der Waals surface area contributed by atoms with E-state index in [1.807, 2.05) is 0 Å². The predicted octanol–water partition coefficient (Wildman–Crippen LogP) is 2.69. The minimum atomic E-state index is -4.81. The highest BCUT2D eigenvalue weighted by Gasteiger charge is 2.17. The van der Waals surface area contributed by atoms with Crippen molar-refractivity contribution < 1.29 is 39.3 Å². The van der Waals surface area contributed by atoms with Crippen molar-refractivity contribution in [3.8, 4) is 0 Å². The Bertz CT molecular complexity index is 599. The van der Waals surface area contributed by atoms with E-state index in [1.54, 1.807) is 6.08 Å². The second-order valence-electron chi connectivity index (χ2n) is 6.11. The third-order valence-electron chi connectivity index (χ3n) is 3.78. The molecule has 0 spiro atoms. The van der Waals surface area contributed by atoms with Crippen LogP contribution in [-0.2, 0) is 9.09 Å². The molecule has 0 aliphatic heterocycles. The number of hydrogen-bond donors (Lipinski definition) is 3. The van der Waals surface area contributed by atoms with Crippen LogP contribution in [0.25, 0.3) is 0 Å². The average Bonchev–Trinajstić information content (AvgIpc) is 2.64. The Morgan fingerprint density at radius 2 is 1.76 bits per heavy atom. The molecule has 0 aromatic heterocycles. The van der Waals surface area contributed by atoms with Gasteiger partial charge in [-0.2, -0.15) is 0 Å². The molecular weight excluding hydrogens is 341 g/mol. The summed E-state index contributed by atoms with van der Waals surface area (Å²) in [5, 5.41) is 9.82. The molecule has 5 N–H and O–H groups in total. The third kappa shape index (κ3) is 18.4. The number of quaternary nitrogens is 1. The largest absolute Gasteiger partial charge is 0.756 e. The molecule has 0 radical (unpaired) electrons. The normalized spacial score (nSPS) is 22.6. The molecule has 0 heterocycles. The SMILES string of the molecule is [2H]C([2H])([2H])C([2H])([2H])C([2H])([2H])CCCCCCCCCC/C=C/[C@@H](O)[C@@H]([NH3+])COP(=O)([O-])O. The van der Waals surface area contributed by atoms with Gasteiger partial charge in [-0.3, -0.25) is 4.57 Å². The molecule has 0 aliphatic carbocycles. The van der Waals surface area contributed by atoms with Gasteiger partial charge in [0.15, 0.2) is 0 Å². The summed E-state index contributed by atoms with van der Waals surface area (Å²) >= 11 is 0. The zero-order valence-electron chi connectivity index (χ0n) is 21.9.